The first-order valence-electron chi connectivity index (χ1n) is 4.78. The quantitative estimate of drug-likeness (QED) is 0.764. The van der Waals surface area contributed by atoms with Crippen LogP contribution in [0.5, 0.6) is 0 Å². The first kappa shape index (κ1) is 12.1. The van der Waals surface area contributed by atoms with Gasteiger partial charge in [-0.1, -0.05) is 0 Å². The molecule has 1 aromatic rings. The Morgan fingerprint density at radius 3 is 2.93 bits per heavy atom. The maximum Gasteiger partial charge on any atom is 0.217 e. The number of amides is 1. The molecule has 0 unspecified atom stereocenters. The first-order valence-corrected chi connectivity index (χ1v) is 5.57. The van der Waals surface area contributed by atoms with Gasteiger partial charge in [-0.05, 0) is 41.0 Å². The second kappa shape index (κ2) is 6.53. The summed E-state index contributed by atoms with van der Waals surface area (Å²) >= 11 is 3.32. The van der Waals surface area contributed by atoms with Crippen molar-refractivity contribution in [2.75, 3.05) is 6.54 Å². The average molecular weight is 272 g/mol. The SMILES string of the molecule is NC(=O)CCCNCc1ccc(Br)cn1. The molecule has 1 aromatic heterocycles. The number of nitrogens with zero attached hydrogens (tertiary/aromatic N) is 1. The fourth-order valence-corrected chi connectivity index (χ4v) is 1.35. The number of hydrogen-bond donors (Lipinski definition) is 2. The molecule has 5 heteroatoms. The van der Waals surface area contributed by atoms with Crippen LogP contribution in [0, 0.1) is 0 Å². The Morgan fingerprint density at radius 2 is 2.33 bits per heavy atom. The summed E-state index contributed by atoms with van der Waals surface area (Å²) in [6, 6.07) is 3.90. The lowest BCUT2D eigenvalue weighted by atomic mass is 10.3. The van der Waals surface area contributed by atoms with Crippen molar-refractivity contribution >= 4 is 21.8 Å². The van der Waals surface area contributed by atoms with Crippen LogP contribution in [0.25, 0.3) is 0 Å². The molecule has 15 heavy (non-hydrogen) atoms. The van der Waals surface area contributed by atoms with Crippen LogP contribution in [0.2, 0.25) is 0 Å². The Labute approximate surface area is 97.4 Å². The molecule has 0 aliphatic rings. The van der Waals surface area contributed by atoms with Crippen molar-refractivity contribution < 1.29 is 4.79 Å². The van der Waals surface area contributed by atoms with E-state index in [9.17, 15) is 4.79 Å². The number of primary amides is 1. The Hall–Kier alpha value is -0.940. The molecule has 0 saturated carbocycles. The van der Waals surface area contributed by atoms with Gasteiger partial charge in [0.2, 0.25) is 5.91 Å². The van der Waals surface area contributed by atoms with E-state index in [2.05, 4.69) is 26.2 Å². The smallest absolute Gasteiger partial charge is 0.217 e. The molecule has 0 atom stereocenters. The molecule has 82 valence electrons. The summed E-state index contributed by atoms with van der Waals surface area (Å²) in [5.74, 6) is -0.251. The molecule has 1 amide bonds. The van der Waals surface area contributed by atoms with Crippen LogP contribution in [0.15, 0.2) is 22.8 Å². The predicted molar refractivity (Wildman–Crippen MR) is 62.1 cm³/mol. The predicted octanol–water partition coefficient (Wildman–Crippen LogP) is 1.20. The minimum absolute atomic E-state index is 0.251. The van der Waals surface area contributed by atoms with Crippen molar-refractivity contribution in [3.05, 3.63) is 28.5 Å². The molecule has 0 saturated heterocycles. The summed E-state index contributed by atoms with van der Waals surface area (Å²) < 4.78 is 0.972. The maximum atomic E-state index is 10.4. The number of pyridine rings is 1. The Bertz CT molecular complexity index is 313. The van der Waals surface area contributed by atoms with Gasteiger partial charge in [-0.2, -0.15) is 0 Å². The Balaban J connectivity index is 2.15. The Morgan fingerprint density at radius 1 is 1.53 bits per heavy atom. The van der Waals surface area contributed by atoms with Crippen LogP contribution in [-0.2, 0) is 11.3 Å². The zero-order valence-corrected chi connectivity index (χ0v) is 9.96. The zero-order valence-electron chi connectivity index (χ0n) is 8.37. The maximum absolute atomic E-state index is 10.4. The lowest BCUT2D eigenvalue weighted by Crippen LogP contribution is -2.18. The lowest BCUT2D eigenvalue weighted by Gasteiger charge is -2.03. The van der Waals surface area contributed by atoms with Crippen molar-refractivity contribution in [1.82, 2.24) is 10.3 Å². The second-order valence-corrected chi connectivity index (χ2v) is 4.13. The molecule has 0 aliphatic carbocycles. The van der Waals surface area contributed by atoms with E-state index in [-0.39, 0.29) is 5.91 Å². The Kier molecular flexibility index (Phi) is 5.28. The van der Waals surface area contributed by atoms with E-state index >= 15 is 0 Å². The molecule has 3 N–H and O–H groups in total. The van der Waals surface area contributed by atoms with E-state index in [4.69, 9.17) is 5.73 Å². The average Bonchev–Trinajstić information content (AvgIpc) is 2.20. The fourth-order valence-electron chi connectivity index (χ4n) is 1.12. The number of halogens is 1. The van der Waals surface area contributed by atoms with E-state index < -0.39 is 0 Å². The van der Waals surface area contributed by atoms with Gasteiger partial charge in [-0.25, -0.2) is 0 Å². The van der Waals surface area contributed by atoms with Gasteiger partial charge < -0.3 is 11.1 Å². The van der Waals surface area contributed by atoms with Gasteiger partial charge in [-0.3, -0.25) is 9.78 Å². The summed E-state index contributed by atoms with van der Waals surface area (Å²) in [5.41, 5.74) is 6.00. The molecule has 0 spiro atoms. The highest BCUT2D eigenvalue weighted by Crippen LogP contribution is 2.06. The third-order valence-electron chi connectivity index (χ3n) is 1.87. The zero-order chi connectivity index (χ0) is 11.1. The van der Waals surface area contributed by atoms with Crippen LogP contribution in [0.3, 0.4) is 0 Å². The molecule has 0 aliphatic heterocycles. The summed E-state index contributed by atoms with van der Waals surface area (Å²) in [7, 11) is 0. The van der Waals surface area contributed by atoms with Crippen molar-refractivity contribution in [3.63, 3.8) is 0 Å². The molecular weight excluding hydrogens is 258 g/mol. The van der Waals surface area contributed by atoms with Gasteiger partial charge in [0.1, 0.15) is 0 Å². The number of rotatable bonds is 6. The van der Waals surface area contributed by atoms with Crippen molar-refractivity contribution in [2.24, 2.45) is 5.73 Å². The highest BCUT2D eigenvalue weighted by Gasteiger charge is 1.96. The molecule has 0 bridgehead atoms. The van der Waals surface area contributed by atoms with E-state index in [0.29, 0.717) is 13.0 Å². The minimum atomic E-state index is -0.251. The number of nitrogens with two attached hydrogens (primary N) is 1. The molecule has 0 aromatic carbocycles. The number of carbonyl (C=O) groups excluding carboxylic acids is 1. The molecule has 1 heterocycles. The van der Waals surface area contributed by atoms with Crippen LogP contribution >= 0.6 is 15.9 Å². The molecule has 1 rings (SSSR count). The van der Waals surface area contributed by atoms with E-state index in [1.54, 1.807) is 6.20 Å². The lowest BCUT2D eigenvalue weighted by molar-refractivity contribution is -0.118. The van der Waals surface area contributed by atoms with Gasteiger partial charge in [0.15, 0.2) is 0 Å². The molecule has 0 radical (unpaired) electrons. The summed E-state index contributed by atoms with van der Waals surface area (Å²) in [6.45, 7) is 1.49. The van der Waals surface area contributed by atoms with Gasteiger partial charge >= 0.3 is 0 Å². The fraction of sp³-hybridized carbons (Fsp3) is 0.400. The number of aromatic nitrogens is 1. The highest BCUT2D eigenvalue weighted by atomic mass is 79.9. The van der Waals surface area contributed by atoms with Crippen LogP contribution in [0.1, 0.15) is 18.5 Å². The van der Waals surface area contributed by atoms with Gasteiger partial charge in [0, 0.05) is 23.6 Å². The molecule has 0 fully saturated rings. The summed E-state index contributed by atoms with van der Waals surface area (Å²) in [5, 5.41) is 3.19. The van der Waals surface area contributed by atoms with Crippen molar-refractivity contribution in [2.45, 2.75) is 19.4 Å². The van der Waals surface area contributed by atoms with Gasteiger partial charge in [-0.15, -0.1) is 0 Å². The van der Waals surface area contributed by atoms with Crippen LogP contribution in [-0.4, -0.2) is 17.4 Å². The molecule has 4 nitrogen and oxygen atoms in total. The summed E-state index contributed by atoms with van der Waals surface area (Å²) in [6.07, 6.45) is 2.97. The third kappa shape index (κ3) is 5.49. The second-order valence-electron chi connectivity index (χ2n) is 3.21. The van der Waals surface area contributed by atoms with E-state index in [1.165, 1.54) is 0 Å². The minimum Gasteiger partial charge on any atom is -0.370 e. The third-order valence-corrected chi connectivity index (χ3v) is 2.34. The highest BCUT2D eigenvalue weighted by molar-refractivity contribution is 9.10. The number of carbonyl (C=O) groups is 1. The first-order chi connectivity index (χ1) is 7.18. The monoisotopic (exact) mass is 271 g/mol. The molecular formula is C10H14BrN3O. The van der Waals surface area contributed by atoms with Crippen molar-refractivity contribution in [1.29, 1.82) is 0 Å². The standard InChI is InChI=1S/C10H14BrN3O/c11-8-3-4-9(14-6-8)7-13-5-1-2-10(12)15/h3-4,6,13H,1-2,5,7H2,(H2,12,15). The largest absolute Gasteiger partial charge is 0.370 e. The number of hydrogen-bond acceptors (Lipinski definition) is 3. The van der Waals surface area contributed by atoms with Crippen molar-refractivity contribution in [3.8, 4) is 0 Å². The van der Waals surface area contributed by atoms with Gasteiger partial charge in [0.25, 0.3) is 0 Å². The van der Waals surface area contributed by atoms with Crippen LogP contribution < -0.4 is 11.1 Å². The summed E-state index contributed by atoms with van der Waals surface area (Å²) in [4.78, 5) is 14.7. The normalized spacial score (nSPS) is 10.2. The van der Waals surface area contributed by atoms with E-state index in [0.717, 1.165) is 23.1 Å². The van der Waals surface area contributed by atoms with E-state index in [1.807, 2.05) is 12.1 Å². The van der Waals surface area contributed by atoms with Gasteiger partial charge in [0.05, 0.1) is 5.69 Å². The topological polar surface area (TPSA) is 68.0 Å². The number of nitrogens with one attached hydrogen (secondary N) is 1. The van der Waals surface area contributed by atoms with Crippen LogP contribution in [0.4, 0.5) is 0 Å².